The molecule has 1 aromatic carbocycles. The summed E-state index contributed by atoms with van der Waals surface area (Å²) in [5, 5.41) is 13.7. The number of aliphatic carboxylic acids is 1. The van der Waals surface area contributed by atoms with Crippen molar-refractivity contribution in [3.05, 3.63) is 34.9 Å². The molecule has 4 rings (SSSR count). The molecule has 0 aliphatic carbocycles. The monoisotopic (exact) mass is 490 g/mol. The molecule has 0 saturated carbocycles. The summed E-state index contributed by atoms with van der Waals surface area (Å²) >= 11 is 6.66. The number of carboxylic acid groups (broad SMARTS) is 1. The number of nitrogens with one attached hydrogen (secondary N) is 1. The molecule has 2 saturated heterocycles. The average Bonchev–Trinajstić information content (AvgIpc) is 3.37. The minimum atomic E-state index is -1.04. The number of hydrogen-bond donors (Lipinski definition) is 2. The number of hydrogen-bond acceptors (Lipinski definition) is 7. The summed E-state index contributed by atoms with van der Waals surface area (Å²) in [6, 6.07) is 7.69. The number of aromatic nitrogens is 1. The van der Waals surface area contributed by atoms with Crippen molar-refractivity contribution in [1.29, 1.82) is 0 Å². The zero-order valence-electron chi connectivity index (χ0n) is 19.6. The molecule has 2 N–H and O–H groups in total. The minimum Gasteiger partial charge on any atom is -0.481 e. The number of methoxy groups -OCH3 is 2. The van der Waals surface area contributed by atoms with Crippen molar-refractivity contribution in [2.45, 2.75) is 37.6 Å². The summed E-state index contributed by atoms with van der Waals surface area (Å²) in [7, 11) is 3.07. The molecule has 9 heteroatoms. The highest BCUT2D eigenvalue weighted by Gasteiger charge is 2.40. The van der Waals surface area contributed by atoms with E-state index in [0.717, 1.165) is 54.9 Å². The van der Waals surface area contributed by atoms with Gasteiger partial charge in [-0.05, 0) is 48.4 Å². The highest BCUT2D eigenvalue weighted by Crippen LogP contribution is 2.40. The molecule has 1 unspecified atom stereocenters. The van der Waals surface area contributed by atoms with Gasteiger partial charge in [-0.1, -0.05) is 17.7 Å². The molecule has 0 radical (unpaired) electrons. The number of carboxylic acids is 1. The van der Waals surface area contributed by atoms with Crippen molar-refractivity contribution in [2.75, 3.05) is 46.0 Å². The highest BCUT2D eigenvalue weighted by atomic mass is 35.5. The molecule has 2 aliphatic heterocycles. The molecule has 0 amide bonds. The number of nitrogens with zero attached hydrogens (tertiary/aromatic N) is 1. The van der Waals surface area contributed by atoms with Crippen LogP contribution < -0.4 is 14.8 Å². The smallest absolute Gasteiger partial charge is 0.329 e. The Kier molecular flexibility index (Phi) is 7.80. The Balaban J connectivity index is 1.72. The molecule has 8 nitrogen and oxygen atoms in total. The molecular formula is C25H31ClN2O6. The van der Waals surface area contributed by atoms with E-state index in [0.29, 0.717) is 48.8 Å². The Morgan fingerprint density at radius 2 is 1.97 bits per heavy atom. The summed E-state index contributed by atoms with van der Waals surface area (Å²) in [5.41, 5.74) is 2.46. The van der Waals surface area contributed by atoms with E-state index in [1.54, 1.807) is 13.2 Å². The number of ether oxygens (including phenoxy) is 4. The number of halogens is 1. The number of anilines is 1. The molecule has 184 valence electrons. The molecule has 1 aromatic heterocycles. The van der Waals surface area contributed by atoms with Crippen LogP contribution >= 0.6 is 11.6 Å². The van der Waals surface area contributed by atoms with Gasteiger partial charge in [0.2, 0.25) is 11.8 Å². The van der Waals surface area contributed by atoms with Gasteiger partial charge in [0.05, 0.1) is 14.2 Å². The second kappa shape index (κ2) is 10.8. The van der Waals surface area contributed by atoms with Gasteiger partial charge in [0.15, 0.2) is 0 Å². The predicted molar refractivity (Wildman–Crippen MR) is 129 cm³/mol. The minimum absolute atomic E-state index is 0.292. The summed E-state index contributed by atoms with van der Waals surface area (Å²) in [5.74, 6) is 0.333. The second-order valence-corrected chi connectivity index (χ2v) is 9.18. The van der Waals surface area contributed by atoms with Crippen LogP contribution in [0, 0.1) is 5.92 Å². The lowest BCUT2D eigenvalue weighted by Gasteiger charge is -2.35. The Bertz CT molecular complexity index is 1020. The van der Waals surface area contributed by atoms with Gasteiger partial charge in [-0.3, -0.25) is 0 Å². The lowest BCUT2D eigenvalue weighted by molar-refractivity contribution is -0.145. The third-order valence-electron chi connectivity index (χ3n) is 6.69. The van der Waals surface area contributed by atoms with Crippen LogP contribution in [0.1, 0.15) is 31.2 Å². The second-order valence-electron chi connectivity index (χ2n) is 8.80. The normalized spacial score (nSPS) is 19.6. The lowest BCUT2D eigenvalue weighted by Crippen LogP contribution is -2.50. The molecule has 0 spiro atoms. The Morgan fingerprint density at radius 3 is 2.62 bits per heavy atom. The van der Waals surface area contributed by atoms with Crippen LogP contribution in [0.2, 0.25) is 5.02 Å². The van der Waals surface area contributed by atoms with E-state index in [2.05, 4.69) is 10.3 Å². The van der Waals surface area contributed by atoms with E-state index in [1.807, 2.05) is 18.2 Å². The molecule has 0 bridgehead atoms. The lowest BCUT2D eigenvalue weighted by atomic mass is 9.88. The van der Waals surface area contributed by atoms with Gasteiger partial charge in [0.25, 0.3) is 0 Å². The standard InChI is InChI=1S/C25H31ClN2O6/c1-31-21-14-20(22(26)23(27-21)32-2)19-6-5-18(13-17(19)4-3-16-7-10-34-15-16)28-25(24(29)30)8-11-33-12-9-25/h5-6,13-14,16,28H,3-4,7-12,15H2,1-2H3,(H,29,30). The van der Waals surface area contributed by atoms with Crippen LogP contribution in [0.25, 0.3) is 11.1 Å². The number of benzene rings is 1. The Hall–Kier alpha value is -2.55. The van der Waals surface area contributed by atoms with E-state index in [4.69, 9.17) is 30.5 Å². The van der Waals surface area contributed by atoms with Crippen LogP contribution in [0.4, 0.5) is 5.69 Å². The third-order valence-corrected chi connectivity index (χ3v) is 7.05. The zero-order valence-corrected chi connectivity index (χ0v) is 20.3. The Morgan fingerprint density at radius 1 is 1.18 bits per heavy atom. The maximum Gasteiger partial charge on any atom is 0.329 e. The van der Waals surface area contributed by atoms with Crippen LogP contribution in [-0.2, 0) is 20.7 Å². The summed E-state index contributed by atoms with van der Waals surface area (Å²) in [6.07, 6.45) is 3.62. The summed E-state index contributed by atoms with van der Waals surface area (Å²) < 4.78 is 21.7. The molecule has 2 aliphatic rings. The van der Waals surface area contributed by atoms with Crippen molar-refractivity contribution >= 4 is 23.3 Å². The van der Waals surface area contributed by atoms with Gasteiger partial charge >= 0.3 is 5.97 Å². The maximum atomic E-state index is 12.2. The van der Waals surface area contributed by atoms with E-state index in [-0.39, 0.29) is 0 Å². The molecule has 2 fully saturated rings. The van der Waals surface area contributed by atoms with Crippen LogP contribution in [0.5, 0.6) is 11.8 Å². The average molecular weight is 491 g/mol. The van der Waals surface area contributed by atoms with Gasteiger partial charge in [-0.25, -0.2) is 4.79 Å². The molecule has 1 atom stereocenters. The van der Waals surface area contributed by atoms with Crippen molar-refractivity contribution in [3.63, 3.8) is 0 Å². The Labute approximate surface area is 204 Å². The fourth-order valence-corrected chi connectivity index (χ4v) is 4.90. The SMILES string of the molecule is COc1cc(-c2ccc(NC3(C(=O)O)CCOCC3)cc2CCC2CCOC2)c(Cl)c(OC)n1. The van der Waals surface area contributed by atoms with Crippen molar-refractivity contribution in [1.82, 2.24) is 4.98 Å². The summed E-state index contributed by atoms with van der Waals surface area (Å²) in [4.78, 5) is 16.4. The molecular weight excluding hydrogens is 460 g/mol. The quantitative estimate of drug-likeness (QED) is 0.532. The number of rotatable bonds is 9. The van der Waals surface area contributed by atoms with Gasteiger partial charge in [0, 0.05) is 56.6 Å². The highest BCUT2D eigenvalue weighted by molar-refractivity contribution is 6.34. The van der Waals surface area contributed by atoms with Crippen molar-refractivity contribution in [3.8, 4) is 22.9 Å². The van der Waals surface area contributed by atoms with Crippen molar-refractivity contribution < 1.29 is 28.8 Å². The first-order valence-corrected chi connectivity index (χ1v) is 11.9. The molecule has 2 aromatic rings. The van der Waals surface area contributed by atoms with Gasteiger partial charge in [-0.2, -0.15) is 4.98 Å². The topological polar surface area (TPSA) is 99.1 Å². The molecule has 34 heavy (non-hydrogen) atoms. The first-order valence-electron chi connectivity index (χ1n) is 11.5. The van der Waals surface area contributed by atoms with Crippen LogP contribution in [0.15, 0.2) is 24.3 Å². The largest absolute Gasteiger partial charge is 0.481 e. The number of pyridine rings is 1. The third kappa shape index (κ3) is 5.24. The summed E-state index contributed by atoms with van der Waals surface area (Å²) in [6.45, 7) is 2.40. The fraction of sp³-hybridized carbons (Fsp3) is 0.520. The van der Waals surface area contributed by atoms with E-state index in [1.165, 1.54) is 7.11 Å². The van der Waals surface area contributed by atoms with Crippen LogP contribution in [-0.4, -0.2) is 62.2 Å². The fourth-order valence-electron chi connectivity index (χ4n) is 4.62. The van der Waals surface area contributed by atoms with E-state index < -0.39 is 11.5 Å². The van der Waals surface area contributed by atoms with E-state index >= 15 is 0 Å². The zero-order chi connectivity index (χ0) is 24.1. The molecule has 3 heterocycles. The predicted octanol–water partition coefficient (Wildman–Crippen LogP) is 4.43. The van der Waals surface area contributed by atoms with Crippen molar-refractivity contribution in [2.24, 2.45) is 5.92 Å². The number of carbonyl (C=O) groups is 1. The first kappa shape index (κ1) is 24.6. The van der Waals surface area contributed by atoms with Gasteiger partial charge < -0.3 is 29.4 Å². The first-order chi connectivity index (χ1) is 16.5. The maximum absolute atomic E-state index is 12.2. The number of aryl methyl sites for hydroxylation is 1. The van der Waals surface area contributed by atoms with Gasteiger partial charge in [0.1, 0.15) is 10.6 Å². The van der Waals surface area contributed by atoms with Crippen LogP contribution in [0.3, 0.4) is 0 Å². The van der Waals surface area contributed by atoms with Gasteiger partial charge in [-0.15, -0.1) is 0 Å². The van der Waals surface area contributed by atoms with E-state index in [9.17, 15) is 9.90 Å².